The van der Waals surface area contributed by atoms with Crippen molar-refractivity contribution < 1.29 is 22.7 Å². The average molecular weight is 476 g/mol. The van der Waals surface area contributed by atoms with Gasteiger partial charge in [-0.25, -0.2) is 12.8 Å². The van der Waals surface area contributed by atoms with Crippen molar-refractivity contribution in [3.63, 3.8) is 0 Å². The van der Waals surface area contributed by atoms with Crippen LogP contribution in [0.3, 0.4) is 0 Å². The van der Waals surface area contributed by atoms with Crippen LogP contribution in [0.15, 0.2) is 47.3 Å². The van der Waals surface area contributed by atoms with E-state index >= 15 is 0 Å². The first-order valence-electron chi connectivity index (χ1n) is 10.6. The Morgan fingerprint density at radius 1 is 1.24 bits per heavy atom. The molecule has 1 saturated heterocycles. The number of allylic oxidation sites excluding steroid dienone is 1. The lowest BCUT2D eigenvalue weighted by Crippen LogP contribution is -2.48. The normalized spacial score (nSPS) is 24.7. The van der Waals surface area contributed by atoms with Crippen molar-refractivity contribution in [2.45, 2.75) is 32.1 Å². The van der Waals surface area contributed by atoms with Crippen LogP contribution < -0.4 is 10.9 Å². The Hall–Kier alpha value is -2.82. The van der Waals surface area contributed by atoms with Crippen LogP contribution in [0.5, 0.6) is 0 Å². The number of sulfonamides is 1. The molecule has 0 aliphatic carbocycles. The van der Waals surface area contributed by atoms with E-state index in [0.717, 1.165) is 6.26 Å². The topological polar surface area (TPSA) is 109 Å². The lowest BCUT2D eigenvalue weighted by atomic mass is 9.86. The van der Waals surface area contributed by atoms with Crippen molar-refractivity contribution in [3.05, 3.63) is 75.5 Å². The summed E-state index contributed by atoms with van der Waals surface area (Å²) in [6, 6.07) is 7.32. The van der Waals surface area contributed by atoms with E-state index in [1.807, 2.05) is 0 Å². The summed E-state index contributed by atoms with van der Waals surface area (Å²) < 4.78 is 41.4. The number of nitrogens with one attached hydrogen (secondary N) is 1. The first-order chi connectivity index (χ1) is 15.7. The molecule has 0 radical (unpaired) electrons. The molecule has 1 aromatic heterocycles. The SMILES string of the molecule is C/C=C/c1ccc2n(c1=O)C[C@H]1[C@H](CO)[C@@H](C(=O)NCc3ccc(F)cc3)[C@@H]2N1S(C)(=O)=O. The highest BCUT2D eigenvalue weighted by Crippen LogP contribution is 2.49. The minimum absolute atomic E-state index is 0.0517. The fraction of sp³-hybridized carbons (Fsp3) is 0.391. The molecular formula is C23H26FN3O5S. The molecule has 1 fully saturated rings. The Morgan fingerprint density at radius 2 is 1.94 bits per heavy atom. The van der Waals surface area contributed by atoms with Crippen LogP contribution in [0.4, 0.5) is 4.39 Å². The number of hydrogen-bond donors (Lipinski definition) is 2. The number of fused-ring (bicyclic) bond motifs is 4. The third kappa shape index (κ3) is 4.14. The van der Waals surface area contributed by atoms with Gasteiger partial charge in [-0.2, -0.15) is 4.31 Å². The second kappa shape index (κ2) is 8.85. The van der Waals surface area contributed by atoms with Gasteiger partial charge in [-0.3, -0.25) is 9.59 Å². The maximum absolute atomic E-state index is 13.3. The zero-order chi connectivity index (χ0) is 23.9. The van der Waals surface area contributed by atoms with Crippen LogP contribution in [0.25, 0.3) is 6.08 Å². The molecule has 0 spiro atoms. The van der Waals surface area contributed by atoms with E-state index in [4.69, 9.17) is 0 Å². The third-order valence-electron chi connectivity index (χ3n) is 6.43. The van der Waals surface area contributed by atoms with Gasteiger partial charge in [0.05, 0.1) is 18.2 Å². The van der Waals surface area contributed by atoms with Gasteiger partial charge in [0.1, 0.15) is 5.82 Å². The molecule has 2 aromatic rings. The summed E-state index contributed by atoms with van der Waals surface area (Å²) in [4.78, 5) is 26.4. The molecule has 2 bridgehead atoms. The molecule has 2 N–H and O–H groups in total. The molecule has 0 saturated carbocycles. The number of halogens is 1. The lowest BCUT2D eigenvalue weighted by Gasteiger charge is -2.36. The van der Waals surface area contributed by atoms with Crippen molar-refractivity contribution in [2.75, 3.05) is 12.9 Å². The van der Waals surface area contributed by atoms with Crippen molar-refractivity contribution in [3.8, 4) is 0 Å². The van der Waals surface area contributed by atoms with Crippen molar-refractivity contribution in [2.24, 2.45) is 11.8 Å². The van der Waals surface area contributed by atoms with Gasteiger partial charge in [-0.15, -0.1) is 0 Å². The largest absolute Gasteiger partial charge is 0.396 e. The summed E-state index contributed by atoms with van der Waals surface area (Å²) in [7, 11) is -3.75. The van der Waals surface area contributed by atoms with Crippen LogP contribution >= 0.6 is 0 Å². The van der Waals surface area contributed by atoms with E-state index in [9.17, 15) is 27.5 Å². The zero-order valence-electron chi connectivity index (χ0n) is 18.3. The van der Waals surface area contributed by atoms with Crippen LogP contribution in [-0.2, 0) is 27.9 Å². The Bertz CT molecular complexity index is 1260. The third-order valence-corrected chi connectivity index (χ3v) is 7.69. The molecule has 33 heavy (non-hydrogen) atoms. The Kier molecular flexibility index (Phi) is 6.26. The summed E-state index contributed by atoms with van der Waals surface area (Å²) in [5.41, 5.74) is 1.30. The fourth-order valence-electron chi connectivity index (χ4n) is 5.04. The van der Waals surface area contributed by atoms with E-state index in [2.05, 4.69) is 5.32 Å². The first kappa shape index (κ1) is 23.3. The number of rotatable bonds is 6. The smallest absolute Gasteiger partial charge is 0.258 e. The predicted molar refractivity (Wildman–Crippen MR) is 121 cm³/mol. The number of amides is 1. The van der Waals surface area contributed by atoms with Crippen LogP contribution in [-0.4, -0.2) is 47.2 Å². The molecular weight excluding hydrogens is 449 g/mol. The van der Waals surface area contributed by atoms with Crippen molar-refractivity contribution in [1.82, 2.24) is 14.2 Å². The minimum atomic E-state index is -3.75. The van der Waals surface area contributed by atoms with Gasteiger partial charge in [-0.05, 0) is 36.8 Å². The van der Waals surface area contributed by atoms with Gasteiger partial charge in [0.2, 0.25) is 15.9 Å². The predicted octanol–water partition coefficient (Wildman–Crippen LogP) is 1.26. The molecule has 4 atom stereocenters. The van der Waals surface area contributed by atoms with E-state index in [-0.39, 0.29) is 18.6 Å². The molecule has 1 amide bonds. The summed E-state index contributed by atoms with van der Waals surface area (Å²) in [6.07, 6.45) is 4.49. The number of pyridine rings is 1. The van der Waals surface area contributed by atoms with Crippen LogP contribution in [0.1, 0.15) is 29.8 Å². The molecule has 1 aromatic carbocycles. The molecule has 4 rings (SSSR count). The number of carbonyl (C=O) groups excluding carboxylic acids is 1. The zero-order valence-corrected chi connectivity index (χ0v) is 19.1. The van der Waals surface area contributed by atoms with Gasteiger partial charge < -0.3 is 15.0 Å². The number of aromatic nitrogens is 1. The van der Waals surface area contributed by atoms with Crippen molar-refractivity contribution in [1.29, 1.82) is 0 Å². The minimum Gasteiger partial charge on any atom is -0.396 e. The standard InChI is InChI=1S/C23H26FN3O5S/c1-3-4-15-7-10-18-21-20(22(29)25-11-14-5-8-16(24)9-6-14)17(13-28)19(12-26(18)23(15)30)27(21)33(2,31)32/h3-10,17,19-21,28H,11-13H2,1-2H3,(H,25,29)/b4-3+/t17-,19-,20+,21+/m0/s1. The Balaban J connectivity index is 1.75. The second-order valence-electron chi connectivity index (χ2n) is 8.45. The molecule has 176 valence electrons. The van der Waals surface area contributed by atoms with E-state index in [1.165, 1.54) is 21.0 Å². The van der Waals surface area contributed by atoms with E-state index in [0.29, 0.717) is 16.8 Å². The van der Waals surface area contributed by atoms with Gasteiger partial charge in [-0.1, -0.05) is 24.3 Å². The fourth-order valence-corrected chi connectivity index (χ4v) is 6.41. The van der Waals surface area contributed by atoms with Crippen molar-refractivity contribution >= 4 is 22.0 Å². The number of aliphatic hydroxyl groups excluding tert-OH is 1. The maximum atomic E-state index is 13.3. The molecule has 2 aliphatic heterocycles. The molecule has 3 heterocycles. The Morgan fingerprint density at radius 3 is 2.55 bits per heavy atom. The monoisotopic (exact) mass is 475 g/mol. The van der Waals surface area contributed by atoms with E-state index in [1.54, 1.807) is 43.3 Å². The van der Waals surface area contributed by atoms with Crippen LogP contribution in [0.2, 0.25) is 0 Å². The molecule has 2 aliphatic rings. The van der Waals surface area contributed by atoms with Gasteiger partial charge in [0, 0.05) is 42.9 Å². The highest BCUT2D eigenvalue weighted by molar-refractivity contribution is 7.88. The van der Waals surface area contributed by atoms with Gasteiger partial charge in [0.25, 0.3) is 5.56 Å². The van der Waals surface area contributed by atoms with Gasteiger partial charge in [0.15, 0.2) is 0 Å². The summed E-state index contributed by atoms with van der Waals surface area (Å²) in [5.74, 6) is -2.41. The first-order valence-corrected chi connectivity index (χ1v) is 12.5. The van der Waals surface area contributed by atoms with Crippen LogP contribution in [0, 0.1) is 17.7 Å². The Labute approximate surface area is 191 Å². The van der Waals surface area contributed by atoms with Gasteiger partial charge >= 0.3 is 0 Å². The number of benzene rings is 1. The highest BCUT2D eigenvalue weighted by atomic mass is 32.2. The summed E-state index contributed by atoms with van der Waals surface area (Å²) in [5, 5.41) is 13.0. The average Bonchev–Trinajstić information content (AvgIpc) is 3.03. The molecule has 0 unspecified atom stereocenters. The summed E-state index contributed by atoms with van der Waals surface area (Å²) in [6.45, 7) is 1.56. The quantitative estimate of drug-likeness (QED) is 0.654. The maximum Gasteiger partial charge on any atom is 0.258 e. The number of carbonyl (C=O) groups is 1. The van der Waals surface area contributed by atoms with E-state index < -0.39 is 52.3 Å². The molecule has 10 heteroatoms. The highest BCUT2D eigenvalue weighted by Gasteiger charge is 2.58. The number of nitrogens with zero attached hydrogens (tertiary/aromatic N) is 2. The summed E-state index contributed by atoms with van der Waals surface area (Å²) >= 11 is 0. The second-order valence-corrected chi connectivity index (χ2v) is 10.3. The molecule has 8 nitrogen and oxygen atoms in total. The number of aliphatic hydroxyl groups is 1. The number of hydrogen-bond acceptors (Lipinski definition) is 5. The lowest BCUT2D eigenvalue weighted by molar-refractivity contribution is -0.127.